The fourth-order valence-corrected chi connectivity index (χ4v) is 3.64. The number of hydrogen-bond donors (Lipinski definition) is 2. The fraction of sp³-hybridized carbons (Fsp3) is 0.375. The Morgan fingerprint density at radius 1 is 1.32 bits per heavy atom. The van der Waals surface area contributed by atoms with Crippen molar-refractivity contribution in [2.24, 2.45) is 0 Å². The molecule has 1 aromatic carbocycles. The number of methoxy groups -OCH3 is 1. The van der Waals surface area contributed by atoms with Crippen LogP contribution in [0.25, 0.3) is 10.9 Å². The summed E-state index contributed by atoms with van der Waals surface area (Å²) in [6.45, 7) is 2.45. The number of ether oxygens (including phenoxy) is 1. The molecule has 2 N–H and O–H groups in total. The third-order valence-electron chi connectivity index (χ3n) is 4.87. The number of rotatable bonds is 1. The Morgan fingerprint density at radius 2 is 2.14 bits per heavy atom. The summed E-state index contributed by atoms with van der Waals surface area (Å²) in [5, 5.41) is 3.76. The van der Waals surface area contributed by atoms with Crippen molar-refractivity contribution >= 4 is 22.7 Å². The average Bonchev–Trinajstić information content (AvgIpc) is 2.90. The lowest BCUT2D eigenvalue weighted by molar-refractivity contribution is -0.154. The molecule has 0 spiro atoms. The lowest BCUT2D eigenvalue weighted by Gasteiger charge is -2.46. The molecule has 4 rings (SSSR count). The summed E-state index contributed by atoms with van der Waals surface area (Å²) in [5.41, 5.74) is 1.90. The molecule has 2 aliphatic rings. The maximum Gasteiger partial charge on any atom is 0.252 e. The maximum atomic E-state index is 12.5. The normalized spacial score (nSPS) is 24.0. The number of aromatic nitrogens is 1. The lowest BCUT2D eigenvalue weighted by Crippen LogP contribution is -2.65. The van der Waals surface area contributed by atoms with Gasteiger partial charge in [0.15, 0.2) is 5.54 Å². The quantitative estimate of drug-likeness (QED) is 0.822. The third-order valence-corrected chi connectivity index (χ3v) is 4.87. The minimum atomic E-state index is -0.963. The molecule has 1 fully saturated rings. The number of nitrogens with zero attached hydrogens (tertiary/aromatic N) is 1. The first kappa shape index (κ1) is 13.2. The van der Waals surface area contributed by atoms with E-state index in [1.165, 1.54) is 0 Å². The zero-order chi connectivity index (χ0) is 15.5. The molecule has 1 saturated heterocycles. The van der Waals surface area contributed by atoms with Gasteiger partial charge in [-0.15, -0.1) is 0 Å². The van der Waals surface area contributed by atoms with Crippen molar-refractivity contribution in [2.45, 2.75) is 18.9 Å². The van der Waals surface area contributed by atoms with E-state index >= 15 is 0 Å². The van der Waals surface area contributed by atoms with Gasteiger partial charge in [0.25, 0.3) is 5.91 Å². The number of H-pyrrole nitrogens is 1. The van der Waals surface area contributed by atoms with Gasteiger partial charge in [0.1, 0.15) is 5.75 Å². The first-order chi connectivity index (χ1) is 10.6. The number of piperazine rings is 1. The van der Waals surface area contributed by atoms with Crippen LogP contribution in [0.3, 0.4) is 0 Å². The standard InChI is InChI=1S/C16H17N3O3/c1-16-14-10(5-6-19(16)13(20)8-17-15(16)21)11-7-9(22-2)3-4-12(11)18-14/h3-4,7,18H,5-6,8H2,1-2H3,(H,17,21). The number of carbonyl (C=O) groups is 2. The molecule has 2 aliphatic heterocycles. The summed E-state index contributed by atoms with van der Waals surface area (Å²) in [7, 11) is 1.64. The number of amides is 2. The van der Waals surface area contributed by atoms with Crippen LogP contribution in [0.15, 0.2) is 18.2 Å². The van der Waals surface area contributed by atoms with Crippen LogP contribution in [0.4, 0.5) is 0 Å². The van der Waals surface area contributed by atoms with E-state index in [2.05, 4.69) is 10.3 Å². The van der Waals surface area contributed by atoms with Crippen molar-refractivity contribution < 1.29 is 14.3 Å². The maximum absolute atomic E-state index is 12.5. The smallest absolute Gasteiger partial charge is 0.252 e. The second-order valence-electron chi connectivity index (χ2n) is 5.94. The third kappa shape index (κ3) is 1.49. The number of carbonyl (C=O) groups excluding carboxylic acids is 2. The molecular weight excluding hydrogens is 282 g/mol. The van der Waals surface area contributed by atoms with Crippen LogP contribution in [0.2, 0.25) is 0 Å². The summed E-state index contributed by atoms with van der Waals surface area (Å²) in [4.78, 5) is 29.7. The zero-order valence-corrected chi connectivity index (χ0v) is 12.5. The largest absolute Gasteiger partial charge is 0.497 e. The van der Waals surface area contributed by atoms with E-state index in [9.17, 15) is 9.59 Å². The molecule has 3 heterocycles. The molecule has 6 nitrogen and oxygen atoms in total. The zero-order valence-electron chi connectivity index (χ0n) is 12.5. The number of benzene rings is 1. The van der Waals surface area contributed by atoms with Gasteiger partial charge in [-0.2, -0.15) is 0 Å². The Hall–Kier alpha value is -2.50. The van der Waals surface area contributed by atoms with Gasteiger partial charge >= 0.3 is 0 Å². The minimum Gasteiger partial charge on any atom is -0.497 e. The predicted molar refractivity (Wildman–Crippen MR) is 80.6 cm³/mol. The van der Waals surface area contributed by atoms with E-state index in [-0.39, 0.29) is 18.4 Å². The van der Waals surface area contributed by atoms with Crippen molar-refractivity contribution in [2.75, 3.05) is 20.2 Å². The highest BCUT2D eigenvalue weighted by atomic mass is 16.5. The molecule has 2 amide bonds. The molecule has 1 aromatic heterocycles. The highest BCUT2D eigenvalue weighted by Gasteiger charge is 2.51. The molecule has 2 aromatic rings. The van der Waals surface area contributed by atoms with Crippen LogP contribution in [0.1, 0.15) is 18.2 Å². The van der Waals surface area contributed by atoms with Gasteiger partial charge in [0, 0.05) is 17.4 Å². The van der Waals surface area contributed by atoms with Crippen molar-refractivity contribution in [3.63, 3.8) is 0 Å². The van der Waals surface area contributed by atoms with Crippen molar-refractivity contribution in [3.05, 3.63) is 29.5 Å². The summed E-state index contributed by atoms with van der Waals surface area (Å²) in [6.07, 6.45) is 0.733. The summed E-state index contributed by atoms with van der Waals surface area (Å²) >= 11 is 0. The van der Waals surface area contributed by atoms with E-state index < -0.39 is 5.54 Å². The van der Waals surface area contributed by atoms with Gasteiger partial charge in [-0.3, -0.25) is 9.59 Å². The monoisotopic (exact) mass is 299 g/mol. The van der Waals surface area contributed by atoms with Gasteiger partial charge in [0.2, 0.25) is 5.91 Å². The topological polar surface area (TPSA) is 74.4 Å². The Kier molecular flexibility index (Phi) is 2.55. The number of fused-ring (bicyclic) bond motifs is 5. The molecule has 22 heavy (non-hydrogen) atoms. The Labute approximate surface area is 127 Å². The Bertz CT molecular complexity index is 810. The summed E-state index contributed by atoms with van der Waals surface area (Å²) in [6, 6.07) is 5.81. The molecule has 114 valence electrons. The van der Waals surface area contributed by atoms with Crippen LogP contribution in [-0.4, -0.2) is 41.9 Å². The van der Waals surface area contributed by atoms with E-state index in [0.717, 1.165) is 34.3 Å². The number of hydrogen-bond acceptors (Lipinski definition) is 3. The number of nitrogens with one attached hydrogen (secondary N) is 2. The van der Waals surface area contributed by atoms with Gasteiger partial charge < -0.3 is 19.9 Å². The van der Waals surface area contributed by atoms with Crippen LogP contribution in [0.5, 0.6) is 5.75 Å². The van der Waals surface area contributed by atoms with Gasteiger partial charge in [-0.1, -0.05) is 0 Å². The molecule has 1 unspecified atom stereocenters. The molecule has 0 radical (unpaired) electrons. The molecule has 6 heteroatoms. The van der Waals surface area contributed by atoms with Crippen molar-refractivity contribution in [1.82, 2.24) is 15.2 Å². The summed E-state index contributed by atoms with van der Waals surface area (Å²) < 4.78 is 5.29. The molecule has 0 saturated carbocycles. The molecule has 1 atom stereocenters. The van der Waals surface area contributed by atoms with E-state index in [0.29, 0.717) is 6.54 Å². The van der Waals surface area contributed by atoms with E-state index in [4.69, 9.17) is 4.74 Å². The van der Waals surface area contributed by atoms with Gasteiger partial charge in [-0.25, -0.2) is 0 Å². The summed E-state index contributed by atoms with van der Waals surface area (Å²) in [5.74, 6) is 0.613. The van der Waals surface area contributed by atoms with Crippen molar-refractivity contribution in [3.8, 4) is 5.75 Å². The van der Waals surface area contributed by atoms with Crippen LogP contribution in [0, 0.1) is 0 Å². The van der Waals surface area contributed by atoms with E-state index in [1.54, 1.807) is 12.0 Å². The van der Waals surface area contributed by atoms with Gasteiger partial charge in [0.05, 0.1) is 19.3 Å². The molecule has 0 aliphatic carbocycles. The fourth-order valence-electron chi connectivity index (χ4n) is 3.64. The second kappa shape index (κ2) is 4.25. The molecular formula is C16H17N3O3. The first-order valence-electron chi connectivity index (χ1n) is 7.33. The predicted octanol–water partition coefficient (Wildman–Crippen LogP) is 0.906. The highest BCUT2D eigenvalue weighted by Crippen LogP contribution is 2.40. The van der Waals surface area contributed by atoms with Gasteiger partial charge in [-0.05, 0) is 37.1 Å². The average molecular weight is 299 g/mol. The second-order valence-corrected chi connectivity index (χ2v) is 5.94. The van der Waals surface area contributed by atoms with E-state index in [1.807, 2.05) is 25.1 Å². The minimum absolute atomic E-state index is 0.0380. The highest BCUT2D eigenvalue weighted by molar-refractivity contribution is 6.00. The van der Waals surface area contributed by atoms with Crippen LogP contribution < -0.4 is 10.1 Å². The molecule has 0 bridgehead atoms. The first-order valence-corrected chi connectivity index (χ1v) is 7.33. The Balaban J connectivity index is 1.97. The lowest BCUT2D eigenvalue weighted by atomic mass is 9.84. The Morgan fingerprint density at radius 3 is 2.91 bits per heavy atom. The van der Waals surface area contributed by atoms with Crippen molar-refractivity contribution in [1.29, 1.82) is 0 Å². The van der Waals surface area contributed by atoms with Crippen LogP contribution in [-0.2, 0) is 21.5 Å². The number of aromatic amines is 1. The van der Waals surface area contributed by atoms with Crippen LogP contribution >= 0.6 is 0 Å². The SMILES string of the molecule is COc1ccc2[nH]c3c(c2c1)CCN1C(=O)CNC(=O)C31C.